The highest BCUT2D eigenvalue weighted by molar-refractivity contribution is 6.17. The minimum absolute atomic E-state index is 0.0795. The fraction of sp³-hybridized carbons (Fsp3) is 0.300. The van der Waals surface area contributed by atoms with Crippen molar-refractivity contribution in [3.8, 4) is 5.75 Å². The van der Waals surface area contributed by atoms with E-state index in [4.69, 9.17) is 11.6 Å². The van der Waals surface area contributed by atoms with Gasteiger partial charge in [-0.05, 0) is 17.7 Å². The highest BCUT2D eigenvalue weighted by atomic mass is 35.5. The van der Waals surface area contributed by atoms with Crippen LogP contribution in [0.2, 0.25) is 0 Å². The Labute approximate surface area is 100 Å². The average molecular weight is 269 g/mol. The van der Waals surface area contributed by atoms with E-state index in [9.17, 15) is 18.0 Å². The van der Waals surface area contributed by atoms with Gasteiger partial charge in [-0.2, -0.15) is 8.78 Å². The molecule has 17 heavy (non-hydrogen) atoms. The summed E-state index contributed by atoms with van der Waals surface area (Å²) in [4.78, 5) is 11.2. The van der Waals surface area contributed by atoms with Crippen LogP contribution in [0.5, 0.6) is 5.75 Å². The molecule has 0 amide bonds. The molecule has 1 aromatic carbocycles. The van der Waals surface area contributed by atoms with E-state index in [0.29, 0.717) is 0 Å². The molecule has 1 rings (SSSR count). The van der Waals surface area contributed by atoms with Gasteiger partial charge < -0.3 is 9.47 Å². The second-order valence-electron chi connectivity index (χ2n) is 2.96. The second kappa shape index (κ2) is 5.77. The first-order chi connectivity index (χ1) is 7.99. The molecule has 0 fully saturated rings. The molecule has 0 unspecified atom stereocenters. The number of carbonyl (C=O) groups is 1. The lowest BCUT2D eigenvalue weighted by atomic mass is 10.1. The van der Waals surface area contributed by atoms with E-state index < -0.39 is 29.7 Å². The number of halogens is 4. The molecule has 0 N–H and O–H groups in total. The fourth-order valence-corrected chi connectivity index (χ4v) is 1.33. The smallest absolute Gasteiger partial charge is 0.387 e. The summed E-state index contributed by atoms with van der Waals surface area (Å²) in [5, 5.41) is 0. The van der Waals surface area contributed by atoms with Gasteiger partial charge in [0.25, 0.3) is 0 Å². The van der Waals surface area contributed by atoms with Gasteiger partial charge in [-0.1, -0.05) is 0 Å². The number of benzene rings is 1. The summed E-state index contributed by atoms with van der Waals surface area (Å²) in [5.74, 6) is -3.01. The first-order valence-electron chi connectivity index (χ1n) is 4.41. The van der Waals surface area contributed by atoms with E-state index >= 15 is 0 Å². The molecule has 0 aliphatic rings. The lowest BCUT2D eigenvalue weighted by molar-refractivity contribution is -0.0523. The van der Waals surface area contributed by atoms with Crippen LogP contribution >= 0.6 is 11.6 Å². The third-order valence-corrected chi connectivity index (χ3v) is 2.18. The Morgan fingerprint density at radius 3 is 2.59 bits per heavy atom. The summed E-state index contributed by atoms with van der Waals surface area (Å²) in [5.41, 5.74) is -0.231. The van der Waals surface area contributed by atoms with Crippen molar-refractivity contribution in [3.05, 3.63) is 29.1 Å². The molecular weight excluding hydrogens is 261 g/mol. The SMILES string of the molecule is COC(=O)c1cc(CCl)cc(OC(F)F)c1F. The highest BCUT2D eigenvalue weighted by Crippen LogP contribution is 2.26. The Morgan fingerprint density at radius 2 is 2.12 bits per heavy atom. The standard InChI is InChI=1S/C10H8ClF3O3/c1-16-9(15)6-2-5(4-11)3-7(8(6)12)17-10(13)14/h2-3,10H,4H2,1H3. The second-order valence-corrected chi connectivity index (χ2v) is 3.23. The third kappa shape index (κ3) is 3.26. The van der Waals surface area contributed by atoms with Crippen LogP contribution in [0.1, 0.15) is 15.9 Å². The zero-order chi connectivity index (χ0) is 13.0. The minimum atomic E-state index is -3.19. The van der Waals surface area contributed by atoms with Gasteiger partial charge in [0.1, 0.15) is 0 Å². The monoisotopic (exact) mass is 268 g/mol. The van der Waals surface area contributed by atoms with Crippen LogP contribution in [0.25, 0.3) is 0 Å². The highest BCUT2D eigenvalue weighted by Gasteiger charge is 2.20. The van der Waals surface area contributed by atoms with Crippen molar-refractivity contribution in [2.75, 3.05) is 7.11 Å². The van der Waals surface area contributed by atoms with Gasteiger partial charge in [0, 0.05) is 5.88 Å². The summed E-state index contributed by atoms with van der Waals surface area (Å²) in [7, 11) is 1.04. The van der Waals surface area contributed by atoms with Crippen molar-refractivity contribution in [1.82, 2.24) is 0 Å². The Balaban J connectivity index is 3.25. The molecule has 94 valence electrons. The molecule has 0 aliphatic heterocycles. The number of hydrogen-bond acceptors (Lipinski definition) is 3. The zero-order valence-corrected chi connectivity index (χ0v) is 9.43. The molecule has 0 saturated heterocycles. The van der Waals surface area contributed by atoms with Crippen molar-refractivity contribution >= 4 is 17.6 Å². The molecule has 0 aromatic heterocycles. The van der Waals surface area contributed by atoms with Crippen molar-refractivity contribution in [2.24, 2.45) is 0 Å². The number of ether oxygens (including phenoxy) is 2. The van der Waals surface area contributed by atoms with Crippen LogP contribution in [0, 0.1) is 5.82 Å². The largest absolute Gasteiger partial charge is 0.465 e. The van der Waals surface area contributed by atoms with Gasteiger partial charge >= 0.3 is 12.6 Å². The van der Waals surface area contributed by atoms with E-state index in [0.717, 1.165) is 19.2 Å². The molecule has 0 atom stereocenters. The zero-order valence-electron chi connectivity index (χ0n) is 8.68. The molecule has 0 bridgehead atoms. The van der Waals surface area contributed by atoms with Crippen molar-refractivity contribution in [2.45, 2.75) is 12.5 Å². The molecule has 0 spiro atoms. The number of alkyl halides is 3. The maximum absolute atomic E-state index is 13.6. The van der Waals surface area contributed by atoms with Gasteiger partial charge in [-0.3, -0.25) is 0 Å². The molecule has 0 radical (unpaired) electrons. The Morgan fingerprint density at radius 1 is 1.47 bits per heavy atom. The van der Waals surface area contributed by atoms with Crippen LogP contribution in [0.3, 0.4) is 0 Å². The maximum atomic E-state index is 13.6. The van der Waals surface area contributed by atoms with E-state index in [1.165, 1.54) is 0 Å². The first-order valence-corrected chi connectivity index (χ1v) is 4.94. The van der Waals surface area contributed by atoms with Gasteiger partial charge in [-0.25, -0.2) is 9.18 Å². The van der Waals surface area contributed by atoms with Crippen molar-refractivity contribution in [3.63, 3.8) is 0 Å². The summed E-state index contributed by atoms with van der Waals surface area (Å²) in [6.45, 7) is -3.19. The lowest BCUT2D eigenvalue weighted by Gasteiger charge is -2.10. The van der Waals surface area contributed by atoms with Crippen molar-refractivity contribution < 1.29 is 27.4 Å². The number of esters is 1. The van der Waals surface area contributed by atoms with E-state index in [1.807, 2.05) is 0 Å². The third-order valence-electron chi connectivity index (χ3n) is 1.87. The van der Waals surface area contributed by atoms with E-state index in [2.05, 4.69) is 9.47 Å². The number of methoxy groups -OCH3 is 1. The normalized spacial score (nSPS) is 10.5. The van der Waals surface area contributed by atoms with E-state index in [1.54, 1.807) is 0 Å². The van der Waals surface area contributed by atoms with Gasteiger partial charge in [-0.15, -0.1) is 11.6 Å². The molecule has 1 aromatic rings. The summed E-state index contributed by atoms with van der Waals surface area (Å²) < 4.78 is 45.9. The predicted molar refractivity (Wildman–Crippen MR) is 53.9 cm³/mol. The summed E-state index contributed by atoms with van der Waals surface area (Å²) in [6, 6.07) is 2.12. The van der Waals surface area contributed by atoms with E-state index in [-0.39, 0.29) is 11.4 Å². The van der Waals surface area contributed by atoms with Crippen LogP contribution in [-0.2, 0) is 10.6 Å². The van der Waals surface area contributed by atoms with Gasteiger partial charge in [0.2, 0.25) is 0 Å². The number of carbonyl (C=O) groups excluding carboxylic acids is 1. The maximum Gasteiger partial charge on any atom is 0.387 e. The summed E-state index contributed by atoms with van der Waals surface area (Å²) >= 11 is 5.49. The molecule has 0 aliphatic carbocycles. The fourth-order valence-electron chi connectivity index (χ4n) is 1.17. The minimum Gasteiger partial charge on any atom is -0.465 e. The van der Waals surface area contributed by atoms with Crippen LogP contribution in [0.15, 0.2) is 12.1 Å². The molecule has 0 heterocycles. The Bertz CT molecular complexity index is 424. The van der Waals surface area contributed by atoms with Crippen LogP contribution in [0.4, 0.5) is 13.2 Å². The molecular formula is C10H8ClF3O3. The lowest BCUT2D eigenvalue weighted by Crippen LogP contribution is -2.10. The Kier molecular flexibility index (Phi) is 4.62. The Hall–Kier alpha value is -1.43. The van der Waals surface area contributed by atoms with Crippen molar-refractivity contribution in [1.29, 1.82) is 0 Å². The van der Waals surface area contributed by atoms with Gasteiger partial charge in [0.15, 0.2) is 11.6 Å². The van der Waals surface area contributed by atoms with Gasteiger partial charge in [0.05, 0.1) is 12.7 Å². The first kappa shape index (κ1) is 13.6. The predicted octanol–water partition coefficient (Wildman–Crippen LogP) is 2.95. The molecule has 7 heteroatoms. The average Bonchev–Trinajstić information content (AvgIpc) is 2.30. The van der Waals surface area contributed by atoms with Crippen LogP contribution < -0.4 is 4.74 Å². The number of hydrogen-bond donors (Lipinski definition) is 0. The quantitative estimate of drug-likeness (QED) is 0.622. The summed E-state index contributed by atoms with van der Waals surface area (Å²) in [6.07, 6.45) is 0. The number of rotatable bonds is 4. The van der Waals surface area contributed by atoms with Crippen LogP contribution in [-0.4, -0.2) is 19.7 Å². The molecule has 0 saturated carbocycles. The molecule has 3 nitrogen and oxygen atoms in total. The topological polar surface area (TPSA) is 35.5 Å².